The van der Waals surface area contributed by atoms with Crippen LogP contribution in [0.15, 0.2) is 6.20 Å². The lowest BCUT2D eigenvalue weighted by atomic mass is 10.3. The normalized spacial score (nSPS) is 12.7. The van der Waals surface area contributed by atoms with Gasteiger partial charge in [0, 0.05) is 26.9 Å². The van der Waals surface area contributed by atoms with Gasteiger partial charge in [-0.05, 0) is 26.3 Å². The molecule has 5 nitrogen and oxygen atoms in total. The van der Waals surface area contributed by atoms with Gasteiger partial charge >= 0.3 is 0 Å². The zero-order valence-electron chi connectivity index (χ0n) is 12.0. The Morgan fingerprint density at radius 1 is 1.56 bits per heavy atom. The Balaban J connectivity index is 2.89. The fraction of sp³-hybridized carbons (Fsp3) is 0.769. The zero-order chi connectivity index (χ0) is 13.5. The number of imidazole rings is 1. The third-order valence-corrected chi connectivity index (χ3v) is 3.05. The number of aromatic nitrogens is 2. The van der Waals surface area contributed by atoms with Gasteiger partial charge in [-0.15, -0.1) is 0 Å². The summed E-state index contributed by atoms with van der Waals surface area (Å²) in [7, 11) is 3.79. The first-order valence-corrected chi connectivity index (χ1v) is 6.61. The van der Waals surface area contributed by atoms with E-state index in [0.717, 1.165) is 31.0 Å². The maximum Gasteiger partial charge on any atom is 0.205 e. The Morgan fingerprint density at radius 2 is 2.28 bits per heavy atom. The molecule has 1 rings (SSSR count). The van der Waals surface area contributed by atoms with Crippen molar-refractivity contribution in [3.8, 4) is 0 Å². The van der Waals surface area contributed by atoms with Crippen LogP contribution in [-0.2, 0) is 11.2 Å². The fourth-order valence-electron chi connectivity index (χ4n) is 1.96. The van der Waals surface area contributed by atoms with Crippen LogP contribution in [0.1, 0.15) is 32.0 Å². The summed E-state index contributed by atoms with van der Waals surface area (Å²) in [6.45, 7) is 6.59. The van der Waals surface area contributed by atoms with Gasteiger partial charge < -0.3 is 19.9 Å². The molecule has 104 valence electrons. The predicted octanol–water partition coefficient (Wildman–Crippen LogP) is 1.44. The molecule has 0 saturated heterocycles. The van der Waals surface area contributed by atoms with Crippen molar-refractivity contribution < 1.29 is 4.74 Å². The van der Waals surface area contributed by atoms with E-state index in [0.29, 0.717) is 13.2 Å². The van der Waals surface area contributed by atoms with Crippen molar-refractivity contribution in [3.63, 3.8) is 0 Å². The number of hydrogen-bond acceptors (Lipinski definition) is 4. The largest absolute Gasteiger partial charge is 0.383 e. The van der Waals surface area contributed by atoms with Crippen LogP contribution in [0.3, 0.4) is 0 Å². The monoisotopic (exact) mass is 254 g/mol. The highest BCUT2D eigenvalue weighted by Gasteiger charge is 2.15. The van der Waals surface area contributed by atoms with E-state index in [-0.39, 0.29) is 6.04 Å². The molecule has 0 bridgehead atoms. The average Bonchev–Trinajstić information content (AvgIpc) is 2.80. The van der Waals surface area contributed by atoms with Gasteiger partial charge in [-0.1, -0.05) is 6.92 Å². The topological polar surface area (TPSA) is 56.3 Å². The number of rotatable bonds is 8. The van der Waals surface area contributed by atoms with Crippen molar-refractivity contribution in [2.75, 3.05) is 38.8 Å². The molecule has 0 aromatic carbocycles. The molecule has 5 heteroatoms. The molecule has 0 amide bonds. The van der Waals surface area contributed by atoms with E-state index >= 15 is 0 Å². The van der Waals surface area contributed by atoms with Crippen molar-refractivity contribution in [1.29, 1.82) is 0 Å². The molecule has 1 aromatic heterocycles. The highest BCUT2D eigenvalue weighted by atomic mass is 16.5. The molecule has 1 atom stereocenters. The summed E-state index contributed by atoms with van der Waals surface area (Å²) in [5, 5.41) is 0. The van der Waals surface area contributed by atoms with Crippen molar-refractivity contribution in [1.82, 2.24) is 9.55 Å². The minimum Gasteiger partial charge on any atom is -0.383 e. The average molecular weight is 254 g/mol. The van der Waals surface area contributed by atoms with E-state index in [1.807, 2.05) is 0 Å². The van der Waals surface area contributed by atoms with E-state index in [1.54, 1.807) is 7.11 Å². The number of nitrogens with two attached hydrogens (primary N) is 1. The second-order valence-corrected chi connectivity index (χ2v) is 4.66. The lowest BCUT2D eigenvalue weighted by Crippen LogP contribution is -2.26. The first kappa shape index (κ1) is 15.0. The number of ether oxygens (including phenoxy) is 1. The van der Waals surface area contributed by atoms with Crippen molar-refractivity contribution >= 4 is 5.95 Å². The van der Waals surface area contributed by atoms with E-state index < -0.39 is 0 Å². The van der Waals surface area contributed by atoms with Gasteiger partial charge in [-0.3, -0.25) is 0 Å². The maximum absolute atomic E-state index is 5.56. The number of aryl methyl sites for hydroxylation is 1. The van der Waals surface area contributed by atoms with Crippen LogP contribution in [0.5, 0.6) is 0 Å². The summed E-state index contributed by atoms with van der Waals surface area (Å²) in [6.07, 6.45) is 4.05. The molecule has 0 radical (unpaired) electrons. The van der Waals surface area contributed by atoms with Crippen LogP contribution < -0.4 is 10.6 Å². The molecule has 0 spiro atoms. The third kappa shape index (κ3) is 3.71. The number of nitrogens with zero attached hydrogens (tertiary/aromatic N) is 3. The van der Waals surface area contributed by atoms with Gasteiger partial charge in [0.2, 0.25) is 5.95 Å². The molecule has 1 aromatic rings. The lowest BCUT2D eigenvalue weighted by Gasteiger charge is -2.22. The first-order valence-electron chi connectivity index (χ1n) is 6.61. The zero-order valence-corrected chi connectivity index (χ0v) is 12.0. The van der Waals surface area contributed by atoms with E-state index in [9.17, 15) is 0 Å². The molecule has 1 unspecified atom stereocenters. The van der Waals surface area contributed by atoms with Gasteiger partial charge in [0.05, 0.1) is 18.3 Å². The quantitative estimate of drug-likeness (QED) is 0.762. The van der Waals surface area contributed by atoms with Gasteiger partial charge in [-0.25, -0.2) is 4.98 Å². The summed E-state index contributed by atoms with van der Waals surface area (Å²) in [5.41, 5.74) is 6.68. The van der Waals surface area contributed by atoms with E-state index in [1.165, 1.54) is 0 Å². The standard InChI is InChI=1S/C13H26N4O/c1-5-12-9-17(11(2)10-18-4)13(15-12)16(3)8-6-7-14/h9,11H,5-8,10,14H2,1-4H3. The highest BCUT2D eigenvalue weighted by Crippen LogP contribution is 2.20. The van der Waals surface area contributed by atoms with Gasteiger partial charge in [0.25, 0.3) is 0 Å². The second-order valence-electron chi connectivity index (χ2n) is 4.66. The fourth-order valence-corrected chi connectivity index (χ4v) is 1.96. The van der Waals surface area contributed by atoms with Crippen LogP contribution in [0.25, 0.3) is 0 Å². The minimum atomic E-state index is 0.290. The molecule has 0 fully saturated rings. The summed E-state index contributed by atoms with van der Waals surface area (Å²) in [6, 6.07) is 0.290. The molecule has 1 heterocycles. The molecular formula is C13H26N4O. The summed E-state index contributed by atoms with van der Waals surface area (Å²) in [5.74, 6) is 1.00. The number of methoxy groups -OCH3 is 1. The molecule has 18 heavy (non-hydrogen) atoms. The summed E-state index contributed by atoms with van der Waals surface area (Å²) >= 11 is 0. The smallest absolute Gasteiger partial charge is 0.205 e. The second kappa shape index (κ2) is 7.38. The molecule has 2 N–H and O–H groups in total. The van der Waals surface area contributed by atoms with Gasteiger partial charge in [-0.2, -0.15) is 0 Å². The Labute approximate surface area is 110 Å². The van der Waals surface area contributed by atoms with Crippen molar-refractivity contribution in [3.05, 3.63) is 11.9 Å². The van der Waals surface area contributed by atoms with Crippen molar-refractivity contribution in [2.24, 2.45) is 5.73 Å². The Bertz CT molecular complexity index is 351. The molecule has 0 aliphatic carbocycles. The number of anilines is 1. The van der Waals surface area contributed by atoms with Gasteiger partial charge in [0.1, 0.15) is 0 Å². The number of hydrogen-bond donors (Lipinski definition) is 1. The van der Waals surface area contributed by atoms with Crippen LogP contribution in [0.2, 0.25) is 0 Å². The highest BCUT2D eigenvalue weighted by molar-refractivity contribution is 5.33. The summed E-state index contributed by atoms with van der Waals surface area (Å²) < 4.78 is 7.42. The molecule has 0 aliphatic heterocycles. The predicted molar refractivity (Wildman–Crippen MR) is 75.1 cm³/mol. The van der Waals surface area contributed by atoms with E-state index in [4.69, 9.17) is 10.5 Å². The van der Waals surface area contributed by atoms with Crippen LogP contribution in [-0.4, -0.2) is 43.4 Å². The molecule has 0 aliphatic rings. The third-order valence-electron chi connectivity index (χ3n) is 3.05. The lowest BCUT2D eigenvalue weighted by molar-refractivity contribution is 0.162. The molecule has 0 saturated carbocycles. The van der Waals surface area contributed by atoms with Crippen LogP contribution in [0.4, 0.5) is 5.95 Å². The SMILES string of the molecule is CCc1cn(C(C)COC)c(N(C)CCCN)n1. The van der Waals surface area contributed by atoms with Crippen LogP contribution >= 0.6 is 0 Å². The Morgan fingerprint density at radius 3 is 2.83 bits per heavy atom. The van der Waals surface area contributed by atoms with Crippen LogP contribution in [0, 0.1) is 0 Å². The van der Waals surface area contributed by atoms with Gasteiger partial charge in [0.15, 0.2) is 0 Å². The summed E-state index contributed by atoms with van der Waals surface area (Å²) in [4.78, 5) is 6.84. The van der Waals surface area contributed by atoms with E-state index in [2.05, 4.69) is 41.5 Å². The van der Waals surface area contributed by atoms with Crippen molar-refractivity contribution in [2.45, 2.75) is 32.7 Å². The maximum atomic E-state index is 5.56. The first-order chi connectivity index (χ1) is 8.63. The Hall–Kier alpha value is -1.07. The minimum absolute atomic E-state index is 0.290. The Kier molecular flexibility index (Phi) is 6.15. The molecular weight excluding hydrogens is 228 g/mol.